The Morgan fingerprint density at radius 2 is 1.85 bits per heavy atom. The molecule has 1 heterocycles. The Kier molecular flexibility index (Phi) is 2.85. The predicted molar refractivity (Wildman–Crippen MR) is 72.2 cm³/mol. The van der Waals surface area contributed by atoms with Crippen molar-refractivity contribution in [2.45, 2.75) is 45.9 Å². The molecule has 3 rings (SSSR count). The van der Waals surface area contributed by atoms with Gasteiger partial charge in [0.05, 0.1) is 0 Å². The van der Waals surface area contributed by atoms with Gasteiger partial charge in [-0.2, -0.15) is 0 Å². The zero-order chi connectivity index (χ0) is 14.5. The maximum Gasteiger partial charge on any atom is 0.586 e. The molecule has 1 aliphatic heterocycles. The maximum absolute atomic E-state index is 13.0. The minimum absolute atomic E-state index is 0.0837. The van der Waals surface area contributed by atoms with Gasteiger partial charge in [0.15, 0.2) is 11.5 Å². The monoisotopic (exact) mass is 283 g/mol. The highest BCUT2D eigenvalue weighted by Crippen LogP contribution is 2.45. The van der Waals surface area contributed by atoms with Gasteiger partial charge in [-0.15, -0.1) is 8.78 Å². The zero-order valence-corrected chi connectivity index (χ0v) is 11.9. The first-order chi connectivity index (χ1) is 9.24. The van der Waals surface area contributed by atoms with Crippen molar-refractivity contribution in [3.05, 3.63) is 18.2 Å². The molecule has 0 spiro atoms. The molecular formula is C15H19F2NO2. The molecule has 2 aliphatic rings. The zero-order valence-electron chi connectivity index (χ0n) is 11.9. The highest BCUT2D eigenvalue weighted by Gasteiger charge is 2.43. The summed E-state index contributed by atoms with van der Waals surface area (Å²) in [6.07, 6.45) is -1.32. The molecule has 0 amide bonds. The van der Waals surface area contributed by atoms with Crippen molar-refractivity contribution in [1.29, 1.82) is 0 Å². The Balaban J connectivity index is 1.74. The van der Waals surface area contributed by atoms with Crippen LogP contribution in [0.2, 0.25) is 0 Å². The average molecular weight is 283 g/mol. The van der Waals surface area contributed by atoms with Crippen LogP contribution in [0, 0.1) is 11.3 Å². The number of anilines is 1. The summed E-state index contributed by atoms with van der Waals surface area (Å²) in [6, 6.07) is 5.20. The molecule has 1 saturated carbocycles. The lowest BCUT2D eigenvalue weighted by Gasteiger charge is -2.20. The molecule has 0 bridgehead atoms. The van der Waals surface area contributed by atoms with Crippen molar-refractivity contribution in [2.75, 3.05) is 5.32 Å². The molecule has 110 valence electrons. The molecular weight excluding hydrogens is 264 g/mol. The number of halogens is 2. The maximum atomic E-state index is 13.0. The highest BCUT2D eigenvalue weighted by atomic mass is 19.3. The van der Waals surface area contributed by atoms with Gasteiger partial charge in [0.2, 0.25) is 0 Å². The molecule has 2 unspecified atom stereocenters. The van der Waals surface area contributed by atoms with Gasteiger partial charge in [-0.3, -0.25) is 0 Å². The fraction of sp³-hybridized carbons (Fsp3) is 0.600. The average Bonchev–Trinajstić information content (AvgIpc) is 2.72. The van der Waals surface area contributed by atoms with E-state index in [1.807, 2.05) is 0 Å². The SMILES string of the molecule is CC1CC(C)(C)CC1Nc1ccc2c(c1)OC(F)(F)O2. The van der Waals surface area contributed by atoms with Crippen LogP contribution in [0.5, 0.6) is 11.5 Å². The second-order valence-corrected chi connectivity index (χ2v) is 6.63. The van der Waals surface area contributed by atoms with E-state index in [-0.39, 0.29) is 11.5 Å². The fourth-order valence-electron chi connectivity index (χ4n) is 3.34. The van der Waals surface area contributed by atoms with Crippen LogP contribution in [-0.4, -0.2) is 12.3 Å². The largest absolute Gasteiger partial charge is 0.586 e. The standard InChI is InChI=1S/C15H19F2NO2/c1-9-7-14(2,3)8-11(9)18-10-4-5-12-13(6-10)20-15(16,17)19-12/h4-6,9,11,18H,7-8H2,1-3H3. The summed E-state index contributed by atoms with van der Waals surface area (Å²) in [4.78, 5) is 0. The molecule has 0 aromatic heterocycles. The number of hydrogen-bond acceptors (Lipinski definition) is 3. The Bertz CT molecular complexity index is 531. The Morgan fingerprint density at radius 3 is 2.50 bits per heavy atom. The number of nitrogens with one attached hydrogen (secondary N) is 1. The second-order valence-electron chi connectivity index (χ2n) is 6.63. The molecule has 5 heteroatoms. The Morgan fingerprint density at radius 1 is 1.15 bits per heavy atom. The van der Waals surface area contributed by atoms with Crippen molar-refractivity contribution >= 4 is 5.69 Å². The van der Waals surface area contributed by atoms with E-state index < -0.39 is 6.29 Å². The fourth-order valence-corrected chi connectivity index (χ4v) is 3.34. The molecule has 0 saturated heterocycles. The molecule has 20 heavy (non-hydrogen) atoms. The summed E-state index contributed by atoms with van der Waals surface area (Å²) in [5.74, 6) is 0.724. The predicted octanol–water partition coefficient (Wildman–Crippen LogP) is 4.24. The number of hydrogen-bond donors (Lipinski definition) is 1. The number of rotatable bonds is 2. The second kappa shape index (κ2) is 4.24. The van der Waals surface area contributed by atoms with Crippen LogP contribution >= 0.6 is 0 Å². The Labute approximate surface area is 117 Å². The van der Waals surface area contributed by atoms with Gasteiger partial charge in [0.1, 0.15) is 0 Å². The third-order valence-electron chi connectivity index (χ3n) is 4.09. The van der Waals surface area contributed by atoms with E-state index in [2.05, 4.69) is 35.6 Å². The summed E-state index contributed by atoms with van der Waals surface area (Å²) in [5, 5.41) is 3.42. The van der Waals surface area contributed by atoms with E-state index in [9.17, 15) is 8.78 Å². The van der Waals surface area contributed by atoms with Crippen LogP contribution < -0.4 is 14.8 Å². The molecule has 1 N–H and O–H groups in total. The minimum atomic E-state index is -3.55. The molecule has 1 fully saturated rings. The molecule has 2 atom stereocenters. The van der Waals surface area contributed by atoms with Crippen molar-refractivity contribution in [1.82, 2.24) is 0 Å². The topological polar surface area (TPSA) is 30.5 Å². The molecule has 1 aromatic rings. The van der Waals surface area contributed by atoms with Crippen LogP contribution in [0.25, 0.3) is 0 Å². The van der Waals surface area contributed by atoms with Crippen molar-refractivity contribution in [3.63, 3.8) is 0 Å². The van der Waals surface area contributed by atoms with Gasteiger partial charge in [0, 0.05) is 17.8 Å². The van der Waals surface area contributed by atoms with Crippen LogP contribution in [0.4, 0.5) is 14.5 Å². The summed E-state index contributed by atoms with van der Waals surface area (Å²) >= 11 is 0. The van der Waals surface area contributed by atoms with Crippen molar-refractivity contribution in [3.8, 4) is 11.5 Å². The number of fused-ring (bicyclic) bond motifs is 1. The molecule has 1 aromatic carbocycles. The van der Waals surface area contributed by atoms with E-state index in [1.54, 1.807) is 12.1 Å². The first-order valence-electron chi connectivity index (χ1n) is 6.91. The summed E-state index contributed by atoms with van der Waals surface area (Å²) in [7, 11) is 0. The smallest absolute Gasteiger partial charge is 0.395 e. The van der Waals surface area contributed by atoms with Gasteiger partial charge >= 0.3 is 6.29 Å². The van der Waals surface area contributed by atoms with Crippen molar-refractivity contribution in [2.24, 2.45) is 11.3 Å². The normalized spacial score (nSPS) is 29.4. The molecule has 0 radical (unpaired) electrons. The Hall–Kier alpha value is -1.52. The van der Waals surface area contributed by atoms with E-state index in [1.165, 1.54) is 6.07 Å². The molecule has 3 nitrogen and oxygen atoms in total. The van der Waals surface area contributed by atoms with Crippen LogP contribution in [0.15, 0.2) is 18.2 Å². The summed E-state index contributed by atoms with van der Waals surface area (Å²) in [6.45, 7) is 6.73. The summed E-state index contributed by atoms with van der Waals surface area (Å²) in [5.41, 5.74) is 1.11. The minimum Gasteiger partial charge on any atom is -0.395 e. The third kappa shape index (κ3) is 2.53. The number of benzene rings is 1. The molecule has 1 aliphatic carbocycles. The van der Waals surface area contributed by atoms with E-state index in [0.717, 1.165) is 18.5 Å². The van der Waals surface area contributed by atoms with Crippen molar-refractivity contribution < 1.29 is 18.3 Å². The van der Waals surface area contributed by atoms with Gasteiger partial charge in [0.25, 0.3) is 0 Å². The highest BCUT2D eigenvalue weighted by molar-refractivity contribution is 5.56. The van der Waals surface area contributed by atoms with Crippen LogP contribution in [-0.2, 0) is 0 Å². The van der Waals surface area contributed by atoms with E-state index in [0.29, 0.717) is 17.4 Å². The van der Waals surface area contributed by atoms with E-state index >= 15 is 0 Å². The van der Waals surface area contributed by atoms with Gasteiger partial charge in [-0.25, -0.2) is 0 Å². The van der Waals surface area contributed by atoms with E-state index in [4.69, 9.17) is 0 Å². The van der Waals surface area contributed by atoms with Crippen LogP contribution in [0.3, 0.4) is 0 Å². The lowest BCUT2D eigenvalue weighted by Crippen LogP contribution is -2.26. The first-order valence-corrected chi connectivity index (χ1v) is 6.91. The number of ether oxygens (including phenoxy) is 2. The van der Waals surface area contributed by atoms with Gasteiger partial charge in [-0.1, -0.05) is 20.8 Å². The van der Waals surface area contributed by atoms with Gasteiger partial charge in [-0.05, 0) is 36.3 Å². The lowest BCUT2D eigenvalue weighted by molar-refractivity contribution is -0.286. The quantitative estimate of drug-likeness (QED) is 0.880. The van der Waals surface area contributed by atoms with Crippen LogP contribution in [0.1, 0.15) is 33.6 Å². The van der Waals surface area contributed by atoms with Gasteiger partial charge < -0.3 is 14.8 Å². The third-order valence-corrected chi connectivity index (χ3v) is 4.09. The number of alkyl halides is 2. The lowest BCUT2D eigenvalue weighted by atomic mass is 9.91. The first kappa shape index (κ1) is 13.5. The summed E-state index contributed by atoms with van der Waals surface area (Å²) < 4.78 is 34.8.